The molecular weight excluding hydrogens is 370 g/mol. The largest absolute Gasteiger partial charge is 0.379 e. The van der Waals surface area contributed by atoms with E-state index < -0.39 is 5.69 Å². The fourth-order valence-electron chi connectivity index (χ4n) is 4.29. The van der Waals surface area contributed by atoms with Crippen molar-refractivity contribution in [3.63, 3.8) is 0 Å². The minimum atomic E-state index is -0.464. The van der Waals surface area contributed by atoms with Crippen molar-refractivity contribution in [2.24, 2.45) is 0 Å². The number of aromatic amines is 2. The van der Waals surface area contributed by atoms with E-state index in [9.17, 15) is 9.59 Å². The van der Waals surface area contributed by atoms with Crippen LogP contribution in [0.3, 0.4) is 0 Å². The van der Waals surface area contributed by atoms with E-state index in [1.807, 2.05) is 0 Å². The second-order valence-electron chi connectivity index (χ2n) is 7.89. The van der Waals surface area contributed by atoms with Gasteiger partial charge in [0, 0.05) is 50.9 Å². The van der Waals surface area contributed by atoms with Crippen LogP contribution in [0.25, 0.3) is 0 Å². The molecule has 1 aromatic carbocycles. The molecular formula is C21H29N5O3. The van der Waals surface area contributed by atoms with Crippen molar-refractivity contribution >= 4 is 5.82 Å². The smallest absolute Gasteiger partial charge is 0.327 e. The zero-order chi connectivity index (χ0) is 20.2. The molecule has 8 heteroatoms. The van der Waals surface area contributed by atoms with Crippen molar-refractivity contribution in [3.8, 4) is 0 Å². The molecule has 3 N–H and O–H groups in total. The Morgan fingerprint density at radius 3 is 2.72 bits per heavy atom. The second kappa shape index (κ2) is 8.94. The summed E-state index contributed by atoms with van der Waals surface area (Å²) in [6.07, 6.45) is 0.959. The van der Waals surface area contributed by atoms with Crippen molar-refractivity contribution in [3.05, 3.63) is 62.3 Å². The van der Waals surface area contributed by atoms with Gasteiger partial charge in [-0.05, 0) is 24.5 Å². The first kappa shape index (κ1) is 19.9. The monoisotopic (exact) mass is 399 g/mol. The normalized spacial score (nSPS) is 21.4. The van der Waals surface area contributed by atoms with Crippen LogP contribution in [0.1, 0.15) is 23.6 Å². The Bertz CT molecular complexity index is 906. The minimum Gasteiger partial charge on any atom is -0.379 e. The van der Waals surface area contributed by atoms with E-state index in [0.29, 0.717) is 5.82 Å². The molecule has 156 valence electrons. The number of benzene rings is 1. The van der Waals surface area contributed by atoms with Gasteiger partial charge in [0.1, 0.15) is 5.82 Å². The zero-order valence-corrected chi connectivity index (χ0v) is 16.8. The molecule has 8 nitrogen and oxygen atoms in total. The summed E-state index contributed by atoms with van der Waals surface area (Å²) < 4.78 is 5.50. The molecule has 2 fully saturated rings. The van der Waals surface area contributed by atoms with Crippen LogP contribution in [0.5, 0.6) is 0 Å². The first-order valence-corrected chi connectivity index (χ1v) is 10.3. The standard InChI is InChI=1S/C21H29N5O3/c1-15-4-2-3-5-17(15)18(14-25-8-10-29-11-9-25)22-16-6-7-26(13-16)19-12-20(27)24-21(28)23-19/h2-5,12,16,18,22H,6-11,13-14H2,1H3,(H2,23,24,27,28)/t16-,18?/m0/s1. The molecule has 2 aliphatic rings. The number of hydrogen-bond acceptors (Lipinski definition) is 6. The predicted octanol–water partition coefficient (Wildman–Crippen LogP) is 0.613. The summed E-state index contributed by atoms with van der Waals surface area (Å²) in [5.41, 5.74) is 1.77. The topological polar surface area (TPSA) is 93.5 Å². The lowest BCUT2D eigenvalue weighted by molar-refractivity contribution is 0.0329. The van der Waals surface area contributed by atoms with Crippen LogP contribution < -0.4 is 21.5 Å². The number of hydrogen-bond donors (Lipinski definition) is 3. The number of nitrogens with zero attached hydrogens (tertiary/aromatic N) is 2. The van der Waals surface area contributed by atoms with Crippen LogP contribution in [0, 0.1) is 6.92 Å². The fourth-order valence-corrected chi connectivity index (χ4v) is 4.29. The zero-order valence-electron chi connectivity index (χ0n) is 16.8. The van der Waals surface area contributed by atoms with E-state index >= 15 is 0 Å². The Hall–Kier alpha value is -2.42. The molecule has 2 atom stereocenters. The molecule has 1 unspecified atom stereocenters. The molecule has 0 saturated carbocycles. The summed E-state index contributed by atoms with van der Waals surface area (Å²) >= 11 is 0. The highest BCUT2D eigenvalue weighted by Gasteiger charge is 2.28. The van der Waals surface area contributed by atoms with Crippen molar-refractivity contribution in [2.75, 3.05) is 50.8 Å². The van der Waals surface area contributed by atoms with Gasteiger partial charge in [0.25, 0.3) is 5.56 Å². The number of rotatable bonds is 6. The maximum atomic E-state index is 11.6. The van der Waals surface area contributed by atoms with Crippen molar-refractivity contribution in [2.45, 2.75) is 25.4 Å². The molecule has 0 bridgehead atoms. The number of anilines is 1. The van der Waals surface area contributed by atoms with Gasteiger partial charge in [-0.15, -0.1) is 0 Å². The first-order chi connectivity index (χ1) is 14.1. The molecule has 0 spiro atoms. The minimum absolute atomic E-state index is 0.220. The Balaban J connectivity index is 1.48. The molecule has 3 heterocycles. The molecule has 0 radical (unpaired) electrons. The molecule has 2 aliphatic heterocycles. The average Bonchev–Trinajstić information content (AvgIpc) is 3.17. The molecule has 29 heavy (non-hydrogen) atoms. The number of ether oxygens (including phenoxy) is 1. The molecule has 0 aliphatic carbocycles. The number of nitrogens with one attached hydrogen (secondary N) is 3. The Kier molecular flexibility index (Phi) is 6.13. The third-order valence-corrected chi connectivity index (χ3v) is 5.82. The lowest BCUT2D eigenvalue weighted by Crippen LogP contribution is -2.45. The van der Waals surface area contributed by atoms with E-state index in [4.69, 9.17) is 4.74 Å². The van der Waals surface area contributed by atoms with Gasteiger partial charge in [-0.3, -0.25) is 19.7 Å². The summed E-state index contributed by atoms with van der Waals surface area (Å²) in [7, 11) is 0. The van der Waals surface area contributed by atoms with Crippen molar-refractivity contribution in [1.29, 1.82) is 0 Å². The molecule has 0 amide bonds. The highest BCUT2D eigenvalue weighted by molar-refractivity contribution is 5.38. The summed E-state index contributed by atoms with van der Waals surface area (Å²) in [5.74, 6) is 0.587. The van der Waals surface area contributed by atoms with E-state index in [0.717, 1.165) is 52.4 Å². The summed E-state index contributed by atoms with van der Waals surface area (Å²) in [6, 6.07) is 10.5. The van der Waals surface area contributed by atoms with E-state index in [2.05, 4.69) is 56.3 Å². The summed E-state index contributed by atoms with van der Waals surface area (Å²) in [5, 5.41) is 3.85. The Labute approximate surface area is 169 Å². The van der Waals surface area contributed by atoms with Gasteiger partial charge >= 0.3 is 5.69 Å². The van der Waals surface area contributed by atoms with Crippen LogP contribution >= 0.6 is 0 Å². The highest BCUT2D eigenvalue weighted by Crippen LogP contribution is 2.23. The number of aryl methyl sites for hydroxylation is 1. The summed E-state index contributed by atoms with van der Waals surface area (Å²) in [6.45, 7) is 8.13. The highest BCUT2D eigenvalue weighted by atomic mass is 16.5. The van der Waals surface area contributed by atoms with Gasteiger partial charge < -0.3 is 15.0 Å². The SMILES string of the molecule is Cc1ccccc1C(CN1CCOCC1)N[C@H]1CCN(c2cc(=O)[nH]c(=O)[nH]2)C1. The predicted molar refractivity (Wildman–Crippen MR) is 113 cm³/mol. The lowest BCUT2D eigenvalue weighted by Gasteiger charge is -2.33. The summed E-state index contributed by atoms with van der Waals surface area (Å²) in [4.78, 5) is 32.7. The van der Waals surface area contributed by atoms with Gasteiger partial charge in [-0.25, -0.2) is 4.79 Å². The number of aromatic nitrogens is 2. The fraction of sp³-hybridized carbons (Fsp3) is 0.524. The lowest BCUT2D eigenvalue weighted by atomic mass is 9.99. The Morgan fingerprint density at radius 1 is 1.17 bits per heavy atom. The van der Waals surface area contributed by atoms with Gasteiger partial charge in [-0.2, -0.15) is 0 Å². The van der Waals surface area contributed by atoms with Crippen LogP contribution in [0.2, 0.25) is 0 Å². The van der Waals surface area contributed by atoms with Crippen LogP contribution in [-0.2, 0) is 4.74 Å². The van der Waals surface area contributed by atoms with E-state index in [1.165, 1.54) is 17.2 Å². The first-order valence-electron chi connectivity index (χ1n) is 10.3. The third-order valence-electron chi connectivity index (χ3n) is 5.82. The molecule has 2 aromatic rings. The van der Waals surface area contributed by atoms with Gasteiger partial charge in [0.2, 0.25) is 0 Å². The van der Waals surface area contributed by atoms with E-state index in [-0.39, 0.29) is 17.6 Å². The van der Waals surface area contributed by atoms with Gasteiger partial charge in [-0.1, -0.05) is 24.3 Å². The second-order valence-corrected chi connectivity index (χ2v) is 7.89. The third kappa shape index (κ3) is 4.95. The van der Waals surface area contributed by atoms with Gasteiger partial charge in [0.05, 0.1) is 13.2 Å². The van der Waals surface area contributed by atoms with Crippen LogP contribution in [-0.4, -0.2) is 66.8 Å². The molecule has 2 saturated heterocycles. The molecule has 1 aromatic heterocycles. The van der Waals surface area contributed by atoms with Gasteiger partial charge in [0.15, 0.2) is 0 Å². The quantitative estimate of drug-likeness (QED) is 0.659. The number of H-pyrrole nitrogens is 2. The van der Waals surface area contributed by atoms with Crippen LogP contribution in [0.4, 0.5) is 5.82 Å². The van der Waals surface area contributed by atoms with Crippen molar-refractivity contribution in [1.82, 2.24) is 20.2 Å². The molecule has 4 rings (SSSR count). The maximum absolute atomic E-state index is 11.6. The number of morpholine rings is 1. The average molecular weight is 399 g/mol. The Morgan fingerprint density at radius 2 is 1.97 bits per heavy atom. The van der Waals surface area contributed by atoms with Crippen molar-refractivity contribution < 1.29 is 4.74 Å². The maximum Gasteiger partial charge on any atom is 0.327 e. The van der Waals surface area contributed by atoms with E-state index in [1.54, 1.807) is 0 Å². The van der Waals surface area contributed by atoms with Crippen LogP contribution in [0.15, 0.2) is 39.9 Å².